The summed E-state index contributed by atoms with van der Waals surface area (Å²) in [6, 6.07) is 9.45. The van der Waals surface area contributed by atoms with Crippen LogP contribution in [0.5, 0.6) is 0 Å². The lowest BCUT2D eigenvalue weighted by molar-refractivity contribution is 0.389. The third-order valence-electron chi connectivity index (χ3n) is 4.28. The molecule has 0 saturated carbocycles. The van der Waals surface area contributed by atoms with E-state index in [2.05, 4.69) is 77.6 Å². The maximum absolute atomic E-state index is 5.38. The molecule has 4 aromatic rings. The van der Waals surface area contributed by atoms with E-state index in [9.17, 15) is 0 Å². The largest absolute Gasteiger partial charge is 0.359 e. The first-order valence-corrected chi connectivity index (χ1v) is 10.1. The fourth-order valence-electron chi connectivity index (χ4n) is 2.63. The molecule has 154 valence electrons. The molecule has 0 saturated heterocycles. The molecule has 0 aliphatic rings. The Hall–Kier alpha value is -3.27. The van der Waals surface area contributed by atoms with Crippen molar-refractivity contribution < 1.29 is 4.52 Å². The van der Waals surface area contributed by atoms with Gasteiger partial charge in [-0.25, -0.2) is 4.98 Å². The van der Waals surface area contributed by atoms with Crippen molar-refractivity contribution in [3.63, 3.8) is 0 Å². The van der Waals surface area contributed by atoms with E-state index < -0.39 is 0 Å². The van der Waals surface area contributed by atoms with E-state index in [0.29, 0.717) is 35.6 Å². The summed E-state index contributed by atoms with van der Waals surface area (Å²) in [6.07, 6.45) is 3.39. The second-order valence-electron chi connectivity index (χ2n) is 7.68. The topological polar surface area (TPSA) is 117 Å². The first-order chi connectivity index (χ1) is 14.4. The Kier molecular flexibility index (Phi) is 5.49. The molecule has 3 N–H and O–H groups in total. The zero-order valence-electron chi connectivity index (χ0n) is 16.8. The van der Waals surface area contributed by atoms with Crippen LogP contribution >= 0.6 is 15.9 Å². The Morgan fingerprint density at radius 1 is 1.13 bits per heavy atom. The van der Waals surface area contributed by atoms with E-state index in [1.54, 1.807) is 12.4 Å². The minimum absolute atomic E-state index is 0.0201. The molecule has 0 unspecified atom stereocenters. The molecule has 0 spiro atoms. The molecule has 0 fully saturated rings. The highest BCUT2D eigenvalue weighted by atomic mass is 79.9. The van der Waals surface area contributed by atoms with Gasteiger partial charge in [0.1, 0.15) is 5.69 Å². The summed E-state index contributed by atoms with van der Waals surface area (Å²) in [5.74, 6) is 2.38. The first-order valence-electron chi connectivity index (χ1n) is 9.35. The molecule has 30 heavy (non-hydrogen) atoms. The van der Waals surface area contributed by atoms with Crippen molar-refractivity contribution in [2.45, 2.75) is 32.7 Å². The SMILES string of the molecule is CC(C)(C)c1cc(Nc2nc(NCc3cc(-c4ccccn4)no3)ncc2Br)n[nH]1. The quantitative estimate of drug-likeness (QED) is 0.373. The van der Waals surface area contributed by atoms with E-state index in [4.69, 9.17) is 4.52 Å². The van der Waals surface area contributed by atoms with Crippen LogP contribution in [-0.2, 0) is 12.0 Å². The Morgan fingerprint density at radius 2 is 2.00 bits per heavy atom. The number of nitrogens with one attached hydrogen (secondary N) is 3. The number of rotatable bonds is 6. The van der Waals surface area contributed by atoms with Gasteiger partial charge in [-0.05, 0) is 28.1 Å². The molecule has 0 atom stereocenters. The highest BCUT2D eigenvalue weighted by molar-refractivity contribution is 9.10. The lowest BCUT2D eigenvalue weighted by Gasteiger charge is -2.14. The van der Waals surface area contributed by atoms with E-state index in [0.717, 1.165) is 15.9 Å². The van der Waals surface area contributed by atoms with Crippen LogP contribution in [0, 0.1) is 0 Å². The van der Waals surface area contributed by atoms with Crippen LogP contribution in [0.25, 0.3) is 11.4 Å². The predicted octanol–water partition coefficient (Wildman–Crippen LogP) is 4.67. The number of hydrogen-bond acceptors (Lipinski definition) is 8. The maximum atomic E-state index is 5.38. The van der Waals surface area contributed by atoms with Gasteiger partial charge >= 0.3 is 0 Å². The van der Waals surface area contributed by atoms with Crippen LogP contribution in [0.4, 0.5) is 17.6 Å². The molecule has 9 nitrogen and oxygen atoms in total. The lowest BCUT2D eigenvalue weighted by Crippen LogP contribution is -2.11. The van der Waals surface area contributed by atoms with Crippen LogP contribution in [0.3, 0.4) is 0 Å². The van der Waals surface area contributed by atoms with E-state index in [-0.39, 0.29) is 5.41 Å². The minimum Gasteiger partial charge on any atom is -0.359 e. The van der Waals surface area contributed by atoms with E-state index in [1.807, 2.05) is 30.3 Å². The Bertz CT molecular complexity index is 1130. The first kappa shape index (κ1) is 20.0. The number of anilines is 3. The van der Waals surface area contributed by atoms with Gasteiger partial charge in [-0.2, -0.15) is 10.1 Å². The van der Waals surface area contributed by atoms with Crippen molar-refractivity contribution in [3.8, 4) is 11.4 Å². The van der Waals surface area contributed by atoms with Crippen molar-refractivity contribution in [1.82, 2.24) is 30.3 Å². The van der Waals surface area contributed by atoms with Crippen molar-refractivity contribution in [2.24, 2.45) is 0 Å². The van der Waals surface area contributed by atoms with E-state index in [1.165, 1.54) is 0 Å². The molecule has 4 rings (SSSR count). The average Bonchev–Trinajstić information content (AvgIpc) is 3.39. The van der Waals surface area contributed by atoms with Gasteiger partial charge in [-0.3, -0.25) is 10.1 Å². The predicted molar refractivity (Wildman–Crippen MR) is 117 cm³/mol. The monoisotopic (exact) mass is 468 g/mol. The van der Waals surface area contributed by atoms with Crippen molar-refractivity contribution in [3.05, 3.63) is 58.7 Å². The fraction of sp³-hybridized carbons (Fsp3) is 0.250. The van der Waals surface area contributed by atoms with Gasteiger partial charge in [0.05, 0.1) is 16.7 Å². The number of pyridine rings is 1. The summed E-state index contributed by atoms with van der Waals surface area (Å²) in [4.78, 5) is 13.1. The van der Waals surface area contributed by atoms with Crippen LogP contribution < -0.4 is 10.6 Å². The number of hydrogen-bond donors (Lipinski definition) is 3. The van der Waals surface area contributed by atoms with Crippen molar-refractivity contribution in [1.29, 1.82) is 0 Å². The normalized spacial score (nSPS) is 11.5. The molecule has 0 aromatic carbocycles. The summed E-state index contributed by atoms with van der Waals surface area (Å²) in [5.41, 5.74) is 2.45. The summed E-state index contributed by atoms with van der Waals surface area (Å²) < 4.78 is 6.11. The summed E-state index contributed by atoms with van der Waals surface area (Å²) in [5, 5.41) is 17.8. The van der Waals surface area contributed by atoms with Crippen LogP contribution in [0.2, 0.25) is 0 Å². The van der Waals surface area contributed by atoms with Gasteiger partial charge in [0.25, 0.3) is 0 Å². The molecule has 0 aliphatic carbocycles. The van der Waals surface area contributed by atoms with Gasteiger partial charge in [0.15, 0.2) is 17.4 Å². The number of halogens is 1. The molecule has 0 aliphatic heterocycles. The molecule has 0 radical (unpaired) electrons. The molecular formula is C20H21BrN8O. The van der Waals surface area contributed by atoms with Crippen molar-refractivity contribution >= 4 is 33.5 Å². The van der Waals surface area contributed by atoms with Gasteiger partial charge in [0, 0.05) is 35.6 Å². The summed E-state index contributed by atoms with van der Waals surface area (Å²) in [6.45, 7) is 6.75. The Labute approximate surface area is 181 Å². The van der Waals surface area contributed by atoms with Gasteiger partial charge in [-0.15, -0.1) is 0 Å². The van der Waals surface area contributed by atoms with Crippen molar-refractivity contribution in [2.75, 3.05) is 10.6 Å². The van der Waals surface area contributed by atoms with Gasteiger partial charge in [-0.1, -0.05) is 32.0 Å². The molecule has 4 heterocycles. The van der Waals surface area contributed by atoms with Crippen LogP contribution in [0.1, 0.15) is 32.2 Å². The summed E-state index contributed by atoms with van der Waals surface area (Å²) in [7, 11) is 0. The molecule has 0 amide bonds. The molecule has 0 bridgehead atoms. The summed E-state index contributed by atoms with van der Waals surface area (Å²) >= 11 is 3.47. The Balaban J connectivity index is 1.43. The average molecular weight is 469 g/mol. The highest BCUT2D eigenvalue weighted by Crippen LogP contribution is 2.27. The third kappa shape index (κ3) is 4.65. The maximum Gasteiger partial charge on any atom is 0.225 e. The number of H-pyrrole nitrogens is 1. The highest BCUT2D eigenvalue weighted by Gasteiger charge is 2.17. The van der Waals surface area contributed by atoms with Crippen LogP contribution in [0.15, 0.2) is 51.7 Å². The third-order valence-corrected chi connectivity index (χ3v) is 4.86. The number of aromatic nitrogens is 6. The second kappa shape index (κ2) is 8.23. The van der Waals surface area contributed by atoms with Gasteiger partial charge in [0.2, 0.25) is 5.95 Å². The smallest absolute Gasteiger partial charge is 0.225 e. The van der Waals surface area contributed by atoms with Crippen LogP contribution in [-0.4, -0.2) is 30.3 Å². The van der Waals surface area contributed by atoms with E-state index >= 15 is 0 Å². The molecule has 4 aromatic heterocycles. The molecule has 10 heteroatoms. The zero-order valence-corrected chi connectivity index (χ0v) is 18.4. The second-order valence-corrected chi connectivity index (χ2v) is 8.53. The standard InChI is InChI=1S/C20H21BrN8O/c1-20(2,3)16-9-17(28-27-16)25-18-13(21)11-24-19(26-18)23-10-12-8-15(29-30-12)14-6-4-5-7-22-14/h4-9,11H,10H2,1-3H3,(H3,23,24,25,26,27,28). The number of nitrogens with zero attached hydrogens (tertiary/aromatic N) is 5. The Morgan fingerprint density at radius 3 is 2.73 bits per heavy atom. The number of aromatic amines is 1. The van der Waals surface area contributed by atoms with Gasteiger partial charge < -0.3 is 15.2 Å². The molecular weight excluding hydrogens is 448 g/mol. The zero-order chi connectivity index (χ0) is 21.1. The lowest BCUT2D eigenvalue weighted by atomic mass is 9.92. The fourth-order valence-corrected chi connectivity index (χ4v) is 2.92. The minimum atomic E-state index is -0.0201.